The van der Waals surface area contributed by atoms with Crippen LogP contribution >= 0.6 is 0 Å². The molecular formula is C24H30N8. The number of rotatable bonds is 4. The Bertz CT molecular complexity index is 1210. The fourth-order valence-electron chi connectivity index (χ4n) is 5.24. The van der Waals surface area contributed by atoms with E-state index >= 15 is 0 Å². The van der Waals surface area contributed by atoms with Crippen molar-refractivity contribution in [3.05, 3.63) is 49.2 Å². The van der Waals surface area contributed by atoms with E-state index < -0.39 is 0 Å². The topological polar surface area (TPSA) is 66.0 Å². The third-order valence-electron chi connectivity index (χ3n) is 7.20. The highest BCUT2D eigenvalue weighted by molar-refractivity contribution is 5.80. The summed E-state index contributed by atoms with van der Waals surface area (Å²) < 4.78 is 3.97. The highest BCUT2D eigenvalue weighted by Gasteiger charge is 2.28. The van der Waals surface area contributed by atoms with Gasteiger partial charge in [-0.15, -0.1) is 5.10 Å². The van der Waals surface area contributed by atoms with Crippen molar-refractivity contribution in [3.8, 4) is 11.1 Å². The van der Waals surface area contributed by atoms with E-state index in [1.807, 2.05) is 39.8 Å². The first-order chi connectivity index (χ1) is 15.7. The minimum Gasteiger partial charge on any atom is -0.350 e. The van der Waals surface area contributed by atoms with Crippen LogP contribution in [0.2, 0.25) is 0 Å². The van der Waals surface area contributed by atoms with Crippen molar-refractivity contribution < 1.29 is 0 Å². The first kappa shape index (κ1) is 19.7. The molecule has 1 saturated carbocycles. The summed E-state index contributed by atoms with van der Waals surface area (Å²) >= 11 is 0. The molecule has 0 aromatic carbocycles. The third kappa shape index (κ3) is 3.73. The van der Waals surface area contributed by atoms with Crippen LogP contribution in [-0.2, 0) is 0 Å². The number of fused-ring (bicyclic) bond motifs is 2. The number of hydrogen-bond donors (Lipinski definition) is 1. The van der Waals surface area contributed by atoms with Crippen LogP contribution in [0.1, 0.15) is 25.7 Å². The number of pyridine rings is 1. The van der Waals surface area contributed by atoms with E-state index in [-0.39, 0.29) is 0 Å². The molecule has 32 heavy (non-hydrogen) atoms. The lowest BCUT2D eigenvalue weighted by Crippen LogP contribution is -2.50. The molecule has 0 bridgehead atoms. The predicted molar refractivity (Wildman–Crippen MR) is 126 cm³/mol. The SMILES string of the molecule is CN1CCN([C@H]2CC[C@@H](Nc3ncc4c(-c5ccc6nccn6c5)ccn4n3)CC2)CC1. The molecule has 8 heteroatoms. The normalized spacial score (nSPS) is 23.2. The van der Waals surface area contributed by atoms with Gasteiger partial charge < -0.3 is 14.6 Å². The summed E-state index contributed by atoms with van der Waals surface area (Å²) in [6, 6.07) is 7.43. The smallest absolute Gasteiger partial charge is 0.241 e. The van der Waals surface area contributed by atoms with Gasteiger partial charge in [-0.1, -0.05) is 0 Å². The van der Waals surface area contributed by atoms with E-state index in [1.165, 1.54) is 51.9 Å². The molecule has 0 atom stereocenters. The largest absolute Gasteiger partial charge is 0.350 e. The molecule has 1 N–H and O–H groups in total. The van der Waals surface area contributed by atoms with Crippen molar-refractivity contribution in [3.63, 3.8) is 0 Å². The van der Waals surface area contributed by atoms with Gasteiger partial charge in [0.05, 0.1) is 11.7 Å². The van der Waals surface area contributed by atoms with Crippen LogP contribution in [0.5, 0.6) is 0 Å². The first-order valence-corrected chi connectivity index (χ1v) is 11.7. The molecule has 0 amide bonds. The Balaban J connectivity index is 1.13. The standard InChI is InChI=1S/C24H30N8/c1-29-12-14-30(15-13-29)20-5-3-19(4-6-20)27-24-26-16-22-21(8-10-32(22)28-24)18-2-7-23-25-9-11-31(23)17-18/h2,7-11,16-17,19-20H,3-6,12-15H2,1H3,(H,27,28)/t19-,20+. The Morgan fingerprint density at radius 1 is 0.938 bits per heavy atom. The van der Waals surface area contributed by atoms with Gasteiger partial charge >= 0.3 is 0 Å². The van der Waals surface area contributed by atoms with Crippen LogP contribution in [0.4, 0.5) is 5.95 Å². The summed E-state index contributed by atoms with van der Waals surface area (Å²) in [5.74, 6) is 0.716. The van der Waals surface area contributed by atoms with Crippen LogP contribution in [0.25, 0.3) is 22.3 Å². The number of piperazine rings is 1. The van der Waals surface area contributed by atoms with Crippen molar-refractivity contribution in [2.75, 3.05) is 38.5 Å². The van der Waals surface area contributed by atoms with Gasteiger partial charge in [0.2, 0.25) is 5.95 Å². The predicted octanol–water partition coefficient (Wildman–Crippen LogP) is 3.01. The van der Waals surface area contributed by atoms with Crippen LogP contribution in [0.3, 0.4) is 0 Å². The summed E-state index contributed by atoms with van der Waals surface area (Å²) in [4.78, 5) is 14.1. The quantitative estimate of drug-likeness (QED) is 0.537. The van der Waals surface area contributed by atoms with E-state index in [2.05, 4.69) is 50.5 Å². The number of likely N-dealkylation sites (N-methyl/N-ethyl adjacent to an activating group) is 1. The molecule has 1 aliphatic carbocycles. The molecule has 2 fully saturated rings. The number of imidazole rings is 1. The van der Waals surface area contributed by atoms with E-state index in [0.717, 1.165) is 28.3 Å². The molecule has 0 unspecified atom stereocenters. The molecule has 0 radical (unpaired) electrons. The highest BCUT2D eigenvalue weighted by Crippen LogP contribution is 2.28. The molecule has 8 nitrogen and oxygen atoms in total. The molecular weight excluding hydrogens is 400 g/mol. The van der Waals surface area contributed by atoms with Crippen molar-refractivity contribution in [1.82, 2.24) is 33.8 Å². The summed E-state index contributed by atoms with van der Waals surface area (Å²) in [5, 5.41) is 8.34. The number of hydrogen-bond acceptors (Lipinski definition) is 6. The van der Waals surface area contributed by atoms with E-state index in [9.17, 15) is 0 Å². The van der Waals surface area contributed by atoms with Gasteiger partial charge in [-0.25, -0.2) is 14.5 Å². The Labute approximate surface area is 187 Å². The Hall–Kier alpha value is -2.97. The molecule has 1 saturated heterocycles. The van der Waals surface area contributed by atoms with E-state index in [4.69, 9.17) is 5.10 Å². The zero-order valence-corrected chi connectivity index (χ0v) is 18.6. The monoisotopic (exact) mass is 430 g/mol. The fourth-order valence-corrected chi connectivity index (χ4v) is 5.24. The second-order valence-electron chi connectivity index (χ2n) is 9.24. The van der Waals surface area contributed by atoms with Crippen molar-refractivity contribution >= 4 is 17.1 Å². The maximum atomic E-state index is 4.74. The minimum atomic E-state index is 0.454. The molecule has 5 heterocycles. The molecule has 0 spiro atoms. The van der Waals surface area contributed by atoms with Gasteiger partial charge in [0.15, 0.2) is 0 Å². The number of anilines is 1. The summed E-state index contributed by atoms with van der Waals surface area (Å²) in [6.07, 6.45) is 14.7. The number of nitrogens with one attached hydrogen (secondary N) is 1. The van der Waals surface area contributed by atoms with Crippen LogP contribution in [0.15, 0.2) is 49.2 Å². The van der Waals surface area contributed by atoms with Gasteiger partial charge in [0.25, 0.3) is 0 Å². The number of aromatic nitrogens is 5. The van der Waals surface area contributed by atoms with Crippen LogP contribution in [-0.4, -0.2) is 79.1 Å². The number of nitrogens with zero attached hydrogens (tertiary/aromatic N) is 7. The third-order valence-corrected chi connectivity index (χ3v) is 7.20. The van der Waals surface area contributed by atoms with Gasteiger partial charge in [-0.2, -0.15) is 0 Å². The summed E-state index contributed by atoms with van der Waals surface area (Å²) in [5.41, 5.74) is 4.21. The zero-order chi connectivity index (χ0) is 21.5. The van der Waals surface area contributed by atoms with E-state index in [0.29, 0.717) is 12.0 Å². The van der Waals surface area contributed by atoms with Crippen LogP contribution < -0.4 is 5.32 Å². The highest BCUT2D eigenvalue weighted by atomic mass is 15.3. The van der Waals surface area contributed by atoms with Gasteiger partial charge in [-0.3, -0.25) is 4.90 Å². The minimum absolute atomic E-state index is 0.454. The second-order valence-corrected chi connectivity index (χ2v) is 9.24. The lowest BCUT2D eigenvalue weighted by molar-refractivity contribution is 0.0893. The zero-order valence-electron chi connectivity index (χ0n) is 18.6. The van der Waals surface area contributed by atoms with Crippen LogP contribution in [0, 0.1) is 0 Å². The molecule has 2 aliphatic rings. The Morgan fingerprint density at radius 2 is 1.78 bits per heavy atom. The average molecular weight is 431 g/mol. The van der Waals surface area contributed by atoms with Crippen molar-refractivity contribution in [2.45, 2.75) is 37.8 Å². The van der Waals surface area contributed by atoms with E-state index in [1.54, 1.807) is 0 Å². The molecule has 4 aromatic heterocycles. The molecule has 4 aromatic rings. The average Bonchev–Trinajstić information content (AvgIpc) is 3.46. The molecule has 1 aliphatic heterocycles. The van der Waals surface area contributed by atoms with Gasteiger partial charge in [0, 0.05) is 74.2 Å². The molecule has 166 valence electrons. The Kier molecular flexibility index (Phi) is 5.04. The second kappa shape index (κ2) is 8.18. The van der Waals surface area contributed by atoms with Gasteiger partial charge in [0.1, 0.15) is 5.65 Å². The van der Waals surface area contributed by atoms with Crippen molar-refractivity contribution in [1.29, 1.82) is 0 Å². The first-order valence-electron chi connectivity index (χ1n) is 11.7. The summed E-state index contributed by atoms with van der Waals surface area (Å²) in [6.45, 7) is 4.81. The maximum absolute atomic E-state index is 4.74. The van der Waals surface area contributed by atoms with Crippen molar-refractivity contribution in [2.24, 2.45) is 0 Å². The molecule has 6 rings (SSSR count). The lowest BCUT2D eigenvalue weighted by atomic mass is 9.90. The van der Waals surface area contributed by atoms with Gasteiger partial charge in [-0.05, 0) is 50.9 Å². The maximum Gasteiger partial charge on any atom is 0.241 e. The summed E-state index contributed by atoms with van der Waals surface area (Å²) in [7, 11) is 2.22. The lowest BCUT2D eigenvalue weighted by Gasteiger charge is -2.41. The fraction of sp³-hybridized carbons (Fsp3) is 0.458. The Morgan fingerprint density at radius 3 is 2.62 bits per heavy atom.